The molecule has 3 fully saturated rings. The van der Waals surface area contributed by atoms with Gasteiger partial charge in [0.25, 0.3) is 0 Å². The van der Waals surface area contributed by atoms with E-state index < -0.39 is 0 Å². The molecule has 2 aliphatic heterocycles. The highest BCUT2D eigenvalue weighted by molar-refractivity contribution is 4.80. The van der Waals surface area contributed by atoms with Gasteiger partial charge in [0.05, 0.1) is 40.3 Å². The minimum absolute atomic E-state index is 1.07. The molecule has 2 atom stereocenters. The van der Waals surface area contributed by atoms with Crippen LogP contribution in [0.4, 0.5) is 0 Å². The first-order chi connectivity index (χ1) is 9.09. The van der Waals surface area contributed by atoms with E-state index in [4.69, 9.17) is 0 Å². The first kappa shape index (κ1) is 13.9. The molecule has 0 aromatic heterocycles. The Kier molecular flexibility index (Phi) is 3.92. The molecule has 2 heterocycles. The van der Waals surface area contributed by atoms with Crippen molar-refractivity contribution in [2.45, 2.75) is 44.9 Å². The smallest absolute Gasteiger partial charge is 0.128 e. The number of hydrogen-bond acceptors (Lipinski definition) is 0. The fourth-order valence-electron chi connectivity index (χ4n) is 5.14. The van der Waals surface area contributed by atoms with Gasteiger partial charge >= 0.3 is 0 Å². The number of hydrogen-bond donors (Lipinski definition) is 0. The molecule has 3 rings (SSSR count). The molecular formula is C17H34N2+2. The van der Waals surface area contributed by atoms with Crippen molar-refractivity contribution < 1.29 is 8.97 Å². The molecule has 0 radical (unpaired) electrons. The number of quaternary nitrogens is 2. The molecule has 0 aromatic rings. The maximum Gasteiger partial charge on any atom is 0.128 e. The monoisotopic (exact) mass is 266 g/mol. The van der Waals surface area contributed by atoms with Crippen LogP contribution in [0.5, 0.6) is 0 Å². The summed E-state index contributed by atoms with van der Waals surface area (Å²) in [7, 11) is 5.06. The van der Waals surface area contributed by atoms with Crippen molar-refractivity contribution in [1.82, 2.24) is 0 Å². The first-order valence-electron chi connectivity index (χ1n) is 8.76. The zero-order valence-electron chi connectivity index (χ0n) is 13.2. The van der Waals surface area contributed by atoms with E-state index in [2.05, 4.69) is 14.1 Å². The van der Waals surface area contributed by atoms with Crippen molar-refractivity contribution >= 4 is 0 Å². The van der Waals surface area contributed by atoms with Crippen LogP contribution in [0.1, 0.15) is 44.9 Å². The summed E-state index contributed by atoms with van der Waals surface area (Å²) in [6, 6.07) is 0. The molecule has 110 valence electrons. The Hall–Kier alpha value is -0.0800. The van der Waals surface area contributed by atoms with E-state index in [1.807, 2.05) is 0 Å². The molecule has 2 nitrogen and oxygen atoms in total. The molecule has 19 heavy (non-hydrogen) atoms. The first-order valence-corrected chi connectivity index (χ1v) is 8.76. The second-order valence-electron chi connectivity index (χ2n) is 8.36. The van der Waals surface area contributed by atoms with Crippen LogP contribution in [0.3, 0.4) is 0 Å². The van der Waals surface area contributed by atoms with Crippen molar-refractivity contribution in [3.05, 3.63) is 0 Å². The Morgan fingerprint density at radius 2 is 1.21 bits per heavy atom. The van der Waals surface area contributed by atoms with E-state index in [1.54, 1.807) is 0 Å². The largest absolute Gasteiger partial charge is 0.321 e. The highest BCUT2D eigenvalue weighted by atomic mass is 15.4. The van der Waals surface area contributed by atoms with E-state index >= 15 is 0 Å². The number of likely N-dealkylation sites (N-methyl/N-ethyl adjacent to an activating group) is 2. The Morgan fingerprint density at radius 3 is 1.79 bits per heavy atom. The Bertz CT molecular complexity index is 292. The normalized spacial score (nSPS) is 36.9. The topological polar surface area (TPSA) is 0 Å². The lowest BCUT2D eigenvalue weighted by atomic mass is 9.82. The molecule has 3 aliphatic rings. The lowest BCUT2D eigenvalue weighted by molar-refractivity contribution is -0.961. The molecule has 1 aliphatic carbocycles. The summed E-state index contributed by atoms with van der Waals surface area (Å²) in [5.41, 5.74) is 0. The maximum absolute atomic E-state index is 2.55. The SMILES string of the molecule is C[N+]1(CC[N+]2(C)C[C@H]3CCCC[C@@H]3C2)CCCCC1. The van der Waals surface area contributed by atoms with Crippen molar-refractivity contribution in [3.8, 4) is 0 Å². The third-order valence-corrected chi connectivity index (χ3v) is 6.49. The number of rotatable bonds is 3. The average Bonchev–Trinajstić information content (AvgIpc) is 2.74. The van der Waals surface area contributed by atoms with Crippen LogP contribution in [-0.4, -0.2) is 62.3 Å². The molecule has 0 N–H and O–H groups in total. The van der Waals surface area contributed by atoms with Gasteiger partial charge in [-0.15, -0.1) is 0 Å². The van der Waals surface area contributed by atoms with Gasteiger partial charge in [0, 0.05) is 11.8 Å². The van der Waals surface area contributed by atoms with Gasteiger partial charge in [0.15, 0.2) is 0 Å². The van der Waals surface area contributed by atoms with E-state index in [9.17, 15) is 0 Å². The molecular weight excluding hydrogens is 232 g/mol. The Labute approximate surface area is 120 Å². The number of nitrogens with zero attached hydrogens (tertiary/aromatic N) is 2. The van der Waals surface area contributed by atoms with Gasteiger partial charge < -0.3 is 8.97 Å². The van der Waals surface area contributed by atoms with Gasteiger partial charge in [-0.1, -0.05) is 12.8 Å². The fourth-order valence-corrected chi connectivity index (χ4v) is 5.14. The minimum atomic E-state index is 1.07. The Morgan fingerprint density at radius 1 is 0.684 bits per heavy atom. The predicted octanol–water partition coefficient (Wildman–Crippen LogP) is 2.88. The molecule has 2 saturated heterocycles. The number of fused-ring (bicyclic) bond motifs is 1. The standard InChI is InChI=1S/C17H34N2/c1-18(10-6-3-7-11-18)12-13-19(2)14-16-8-4-5-9-17(16)15-19/h16-17H,3-15H2,1-2H3/q+2/t16-,17-/m1/s1. The second-order valence-corrected chi connectivity index (χ2v) is 8.36. The quantitative estimate of drug-likeness (QED) is 0.689. The molecule has 2 heteroatoms. The fraction of sp³-hybridized carbons (Fsp3) is 1.00. The summed E-state index contributed by atoms with van der Waals surface area (Å²) in [4.78, 5) is 0. The van der Waals surface area contributed by atoms with Gasteiger partial charge in [-0.05, 0) is 32.1 Å². The highest BCUT2D eigenvalue weighted by Crippen LogP contribution is 2.39. The van der Waals surface area contributed by atoms with Crippen LogP contribution in [0, 0.1) is 11.8 Å². The van der Waals surface area contributed by atoms with Gasteiger partial charge in [-0.3, -0.25) is 0 Å². The van der Waals surface area contributed by atoms with Crippen molar-refractivity contribution in [1.29, 1.82) is 0 Å². The van der Waals surface area contributed by atoms with Gasteiger partial charge in [0.2, 0.25) is 0 Å². The van der Waals surface area contributed by atoms with Crippen LogP contribution in [0.2, 0.25) is 0 Å². The zero-order chi connectivity index (χ0) is 13.3. The molecule has 0 unspecified atom stereocenters. The summed E-state index contributed by atoms with van der Waals surface area (Å²) < 4.78 is 2.76. The lowest BCUT2D eigenvalue weighted by Gasteiger charge is -2.40. The predicted molar refractivity (Wildman–Crippen MR) is 80.9 cm³/mol. The molecule has 1 saturated carbocycles. The number of piperidine rings is 1. The van der Waals surface area contributed by atoms with Gasteiger partial charge in [-0.2, -0.15) is 0 Å². The van der Waals surface area contributed by atoms with Gasteiger partial charge in [-0.25, -0.2) is 0 Å². The van der Waals surface area contributed by atoms with Crippen LogP contribution >= 0.6 is 0 Å². The van der Waals surface area contributed by atoms with E-state index in [-0.39, 0.29) is 0 Å². The second kappa shape index (κ2) is 5.37. The van der Waals surface area contributed by atoms with Crippen molar-refractivity contribution in [2.75, 3.05) is 53.4 Å². The number of likely N-dealkylation sites (tertiary alicyclic amines) is 2. The van der Waals surface area contributed by atoms with Crippen molar-refractivity contribution in [3.63, 3.8) is 0 Å². The average molecular weight is 266 g/mol. The van der Waals surface area contributed by atoms with Crippen molar-refractivity contribution in [2.24, 2.45) is 11.8 Å². The summed E-state index contributed by atoms with van der Waals surface area (Å²) >= 11 is 0. The molecule has 0 amide bonds. The van der Waals surface area contributed by atoms with Crippen LogP contribution in [-0.2, 0) is 0 Å². The lowest BCUT2D eigenvalue weighted by Crippen LogP contribution is -2.55. The molecule has 0 aromatic carbocycles. The highest BCUT2D eigenvalue weighted by Gasteiger charge is 2.44. The molecule has 0 bridgehead atoms. The minimum Gasteiger partial charge on any atom is -0.321 e. The van der Waals surface area contributed by atoms with Crippen LogP contribution in [0.25, 0.3) is 0 Å². The van der Waals surface area contributed by atoms with Gasteiger partial charge in [0.1, 0.15) is 13.1 Å². The maximum atomic E-state index is 2.55. The Balaban J connectivity index is 1.54. The van der Waals surface area contributed by atoms with Crippen LogP contribution in [0.15, 0.2) is 0 Å². The summed E-state index contributed by atoms with van der Waals surface area (Å²) in [5, 5.41) is 0. The zero-order valence-corrected chi connectivity index (χ0v) is 13.2. The molecule has 0 spiro atoms. The third kappa shape index (κ3) is 3.16. The van der Waals surface area contributed by atoms with E-state index in [0.717, 1.165) is 11.8 Å². The van der Waals surface area contributed by atoms with E-state index in [1.165, 1.54) is 93.2 Å². The summed E-state index contributed by atoms with van der Waals surface area (Å²) in [6.45, 7) is 8.72. The summed E-state index contributed by atoms with van der Waals surface area (Å²) in [5.74, 6) is 2.15. The van der Waals surface area contributed by atoms with Crippen LogP contribution < -0.4 is 0 Å². The third-order valence-electron chi connectivity index (χ3n) is 6.49. The summed E-state index contributed by atoms with van der Waals surface area (Å²) in [6.07, 6.45) is 10.5. The van der Waals surface area contributed by atoms with E-state index in [0.29, 0.717) is 0 Å².